The molecule has 1 aliphatic heterocycles. The van der Waals surface area contributed by atoms with Gasteiger partial charge in [-0.2, -0.15) is 0 Å². The van der Waals surface area contributed by atoms with Crippen LogP contribution < -0.4 is 24.2 Å². The van der Waals surface area contributed by atoms with Crippen LogP contribution in [0.3, 0.4) is 0 Å². The molecule has 0 bridgehead atoms. The second-order valence-corrected chi connectivity index (χ2v) is 9.65. The van der Waals surface area contributed by atoms with E-state index in [4.69, 9.17) is 30.3 Å². The van der Waals surface area contributed by atoms with Gasteiger partial charge in [0.1, 0.15) is 26.2 Å². The molecule has 3 aromatic rings. The third kappa shape index (κ3) is 4.10. The number of aryl methyl sites for hydroxylation is 1. The first kappa shape index (κ1) is 22.9. The van der Waals surface area contributed by atoms with Crippen LogP contribution in [-0.2, 0) is 10.0 Å². The van der Waals surface area contributed by atoms with Gasteiger partial charge in [-0.3, -0.25) is 9.59 Å². The number of nitrogens with one attached hydrogen (secondary N) is 2. The smallest absolute Gasteiger partial charge is 0.267 e. The zero-order chi connectivity index (χ0) is 23.9. The number of sulfonamides is 1. The number of rotatable bonds is 7. The summed E-state index contributed by atoms with van der Waals surface area (Å²) < 4.78 is 48.9. The molecular formula is C19H16ClN3O8S2. The average molecular weight is 514 g/mol. The zero-order valence-electron chi connectivity index (χ0n) is 17.3. The van der Waals surface area contributed by atoms with E-state index in [0.29, 0.717) is 5.69 Å². The Morgan fingerprint density at radius 3 is 2.70 bits per heavy atom. The highest BCUT2D eigenvalue weighted by atomic mass is 35.5. The number of carbonyl (C=O) groups excluding carboxylic acids is 2. The number of hydrogen-bond donors (Lipinski definition) is 2. The first-order chi connectivity index (χ1) is 15.6. The molecular weight excluding hydrogens is 498 g/mol. The molecule has 14 heteroatoms. The Morgan fingerprint density at radius 2 is 2.06 bits per heavy atom. The fraction of sp³-hybridized carbons (Fsp3) is 0.211. The van der Waals surface area contributed by atoms with Crippen LogP contribution in [0.2, 0.25) is 5.02 Å². The van der Waals surface area contributed by atoms with Crippen molar-refractivity contribution < 1.29 is 36.7 Å². The van der Waals surface area contributed by atoms with Gasteiger partial charge < -0.3 is 24.1 Å². The minimum absolute atomic E-state index is 0.00370. The normalized spacial score (nSPS) is 12.5. The third-order valence-electron chi connectivity index (χ3n) is 4.58. The highest BCUT2D eigenvalue weighted by Crippen LogP contribution is 2.46. The topological polar surface area (TPSA) is 146 Å². The van der Waals surface area contributed by atoms with E-state index in [-0.39, 0.29) is 56.0 Å². The third-order valence-corrected chi connectivity index (χ3v) is 7.44. The van der Waals surface area contributed by atoms with Gasteiger partial charge in [0, 0.05) is 6.07 Å². The van der Waals surface area contributed by atoms with Crippen molar-refractivity contribution in [3.63, 3.8) is 0 Å². The molecule has 33 heavy (non-hydrogen) atoms. The minimum Gasteiger partial charge on any atom is -0.494 e. The van der Waals surface area contributed by atoms with Crippen molar-refractivity contribution in [3.05, 3.63) is 38.7 Å². The van der Waals surface area contributed by atoms with E-state index in [1.807, 2.05) is 0 Å². The standard InChI is InChI=1S/C19H16ClN3O8S2/c1-8-14(20)19(31-22-8)23-33(26,27)12-4-5-32-17(12)18(25)21-15-10(28-3)6-11-16(30-7-29-11)13(15)9(2)24/h4-6,23H,7H2,1-3H3,(H,21,25). The van der Waals surface area contributed by atoms with Gasteiger partial charge in [0.05, 0.1) is 18.4 Å². The van der Waals surface area contributed by atoms with E-state index in [2.05, 4.69) is 15.2 Å². The Hall–Kier alpha value is -3.29. The number of aromatic nitrogens is 1. The summed E-state index contributed by atoms with van der Waals surface area (Å²) in [5.74, 6) is -0.886. The van der Waals surface area contributed by atoms with Crippen molar-refractivity contribution in [2.75, 3.05) is 23.9 Å². The van der Waals surface area contributed by atoms with Gasteiger partial charge in [-0.25, -0.2) is 13.1 Å². The molecule has 0 fully saturated rings. The van der Waals surface area contributed by atoms with Crippen molar-refractivity contribution >= 4 is 56.2 Å². The first-order valence-corrected chi connectivity index (χ1v) is 11.9. The van der Waals surface area contributed by atoms with Gasteiger partial charge in [0.2, 0.25) is 6.79 Å². The number of amides is 1. The number of anilines is 2. The van der Waals surface area contributed by atoms with E-state index in [1.54, 1.807) is 6.92 Å². The van der Waals surface area contributed by atoms with E-state index in [9.17, 15) is 18.0 Å². The summed E-state index contributed by atoms with van der Waals surface area (Å²) in [6.45, 7) is 2.73. The zero-order valence-corrected chi connectivity index (χ0v) is 19.7. The summed E-state index contributed by atoms with van der Waals surface area (Å²) in [6.07, 6.45) is 0. The predicted octanol–water partition coefficient (Wildman–Crippen LogP) is 3.69. The van der Waals surface area contributed by atoms with Gasteiger partial charge in [0.25, 0.3) is 21.8 Å². The molecule has 2 N–H and O–H groups in total. The quantitative estimate of drug-likeness (QED) is 0.451. The number of ether oxygens (including phenoxy) is 3. The summed E-state index contributed by atoms with van der Waals surface area (Å²) in [7, 11) is -2.91. The van der Waals surface area contributed by atoms with Crippen LogP contribution in [0, 0.1) is 6.92 Å². The predicted molar refractivity (Wildman–Crippen MR) is 118 cm³/mol. The summed E-state index contributed by atoms with van der Waals surface area (Å²) in [4.78, 5) is 25.0. The molecule has 11 nitrogen and oxygen atoms in total. The van der Waals surface area contributed by atoms with Crippen LogP contribution in [0.25, 0.3) is 0 Å². The molecule has 0 spiro atoms. The molecule has 1 aromatic carbocycles. The van der Waals surface area contributed by atoms with Crippen LogP contribution in [0.15, 0.2) is 26.9 Å². The van der Waals surface area contributed by atoms with E-state index in [1.165, 1.54) is 31.5 Å². The number of fused-ring (bicyclic) bond motifs is 1. The Bertz CT molecular complexity index is 1380. The molecule has 0 saturated carbocycles. The highest BCUT2D eigenvalue weighted by molar-refractivity contribution is 7.93. The van der Waals surface area contributed by atoms with Gasteiger partial charge in [-0.1, -0.05) is 16.8 Å². The number of thiophene rings is 1. The van der Waals surface area contributed by atoms with E-state index in [0.717, 1.165) is 11.3 Å². The Morgan fingerprint density at radius 1 is 1.30 bits per heavy atom. The fourth-order valence-corrected chi connectivity index (χ4v) is 5.58. The number of hydrogen-bond acceptors (Lipinski definition) is 10. The molecule has 0 unspecified atom stereocenters. The number of halogens is 1. The molecule has 0 atom stereocenters. The number of benzene rings is 1. The van der Waals surface area contributed by atoms with Crippen molar-refractivity contribution in [3.8, 4) is 17.2 Å². The largest absolute Gasteiger partial charge is 0.494 e. The number of ketones is 1. The summed E-state index contributed by atoms with van der Waals surface area (Å²) >= 11 is 6.87. The Labute approximate surface area is 196 Å². The summed E-state index contributed by atoms with van der Waals surface area (Å²) in [6, 6.07) is 2.72. The van der Waals surface area contributed by atoms with Crippen LogP contribution in [0.5, 0.6) is 17.2 Å². The maximum atomic E-state index is 13.1. The second kappa shape index (κ2) is 8.57. The molecule has 2 aromatic heterocycles. The SMILES string of the molecule is COc1cc2c(c(C(C)=O)c1NC(=O)c1sccc1S(=O)(=O)Nc1onc(C)c1Cl)OCO2. The average Bonchev–Trinajstić information content (AvgIpc) is 3.50. The number of carbonyl (C=O) groups is 2. The van der Waals surface area contributed by atoms with Gasteiger partial charge in [-0.15, -0.1) is 11.3 Å². The van der Waals surface area contributed by atoms with Crippen molar-refractivity contribution in [2.45, 2.75) is 18.7 Å². The molecule has 0 saturated heterocycles. The van der Waals surface area contributed by atoms with Gasteiger partial charge >= 0.3 is 0 Å². The molecule has 4 rings (SSSR count). The van der Waals surface area contributed by atoms with Gasteiger partial charge in [0.15, 0.2) is 17.3 Å². The van der Waals surface area contributed by atoms with E-state index < -0.39 is 21.7 Å². The molecule has 174 valence electrons. The van der Waals surface area contributed by atoms with Crippen molar-refractivity contribution in [2.24, 2.45) is 0 Å². The maximum absolute atomic E-state index is 13.1. The highest BCUT2D eigenvalue weighted by Gasteiger charge is 2.31. The number of methoxy groups -OCH3 is 1. The minimum atomic E-state index is -4.26. The Kier molecular flexibility index (Phi) is 5.95. The summed E-state index contributed by atoms with van der Waals surface area (Å²) in [5.41, 5.74) is 0.361. The van der Waals surface area contributed by atoms with Crippen molar-refractivity contribution in [1.82, 2.24) is 5.16 Å². The lowest BCUT2D eigenvalue weighted by molar-refractivity contribution is 0.101. The molecule has 3 heterocycles. The first-order valence-electron chi connectivity index (χ1n) is 9.19. The lowest BCUT2D eigenvalue weighted by Gasteiger charge is -2.15. The van der Waals surface area contributed by atoms with Crippen LogP contribution in [0.1, 0.15) is 32.6 Å². The molecule has 1 amide bonds. The monoisotopic (exact) mass is 513 g/mol. The van der Waals surface area contributed by atoms with Crippen LogP contribution >= 0.6 is 22.9 Å². The lowest BCUT2D eigenvalue weighted by atomic mass is 10.1. The fourth-order valence-electron chi connectivity index (χ4n) is 3.08. The maximum Gasteiger partial charge on any atom is 0.267 e. The van der Waals surface area contributed by atoms with Crippen molar-refractivity contribution in [1.29, 1.82) is 0 Å². The molecule has 1 aliphatic rings. The molecule has 0 radical (unpaired) electrons. The summed E-state index contributed by atoms with van der Waals surface area (Å²) in [5, 5.41) is 7.59. The molecule has 0 aliphatic carbocycles. The van der Waals surface area contributed by atoms with Crippen LogP contribution in [-0.4, -0.2) is 39.2 Å². The Balaban J connectivity index is 1.70. The number of Topliss-reactive ketones (excluding diaryl/α,β-unsaturated/α-hetero) is 1. The number of nitrogens with zero attached hydrogens (tertiary/aromatic N) is 1. The van der Waals surface area contributed by atoms with E-state index >= 15 is 0 Å². The van der Waals surface area contributed by atoms with Gasteiger partial charge in [-0.05, 0) is 25.3 Å². The lowest BCUT2D eigenvalue weighted by Crippen LogP contribution is -2.19. The van der Waals surface area contributed by atoms with Crippen LogP contribution in [0.4, 0.5) is 11.6 Å². The second-order valence-electron chi connectivity index (χ2n) is 6.70.